The van der Waals surface area contributed by atoms with Crippen molar-refractivity contribution in [1.29, 1.82) is 0 Å². The summed E-state index contributed by atoms with van der Waals surface area (Å²) in [5.74, 6) is 1.26. The Morgan fingerprint density at radius 2 is 2.18 bits per heavy atom. The number of carbonyl (C=O) groups excluding carboxylic acids is 1. The normalized spacial score (nSPS) is 17.0. The molecule has 0 saturated heterocycles. The number of hydrogen-bond donors (Lipinski definition) is 1. The Morgan fingerprint density at radius 3 is 2.86 bits per heavy atom. The van der Waals surface area contributed by atoms with Gasteiger partial charge in [0.25, 0.3) is 0 Å². The topological polar surface area (TPSA) is 46.5 Å². The van der Waals surface area contributed by atoms with Crippen LogP contribution < -0.4 is 10.1 Å². The minimum atomic E-state index is -0.433. The van der Waals surface area contributed by atoms with Crippen molar-refractivity contribution in [1.82, 2.24) is 14.8 Å². The highest BCUT2D eigenvalue weighted by atomic mass is 16.5. The Labute approximate surface area is 130 Å². The van der Waals surface area contributed by atoms with Crippen LogP contribution in [0.3, 0.4) is 0 Å². The summed E-state index contributed by atoms with van der Waals surface area (Å²) in [6, 6.07) is 5.87. The van der Waals surface area contributed by atoms with Gasteiger partial charge in [-0.05, 0) is 56.6 Å². The van der Waals surface area contributed by atoms with Crippen molar-refractivity contribution in [3.63, 3.8) is 0 Å². The molecule has 5 heteroatoms. The zero-order valence-corrected chi connectivity index (χ0v) is 13.6. The van der Waals surface area contributed by atoms with Crippen molar-refractivity contribution in [2.45, 2.75) is 12.8 Å². The van der Waals surface area contributed by atoms with Crippen LogP contribution in [0.25, 0.3) is 10.9 Å². The summed E-state index contributed by atoms with van der Waals surface area (Å²) >= 11 is 0. The number of aromatic nitrogens is 1. The number of carbonyl (C=O) groups is 1. The third-order valence-electron chi connectivity index (χ3n) is 4.42. The van der Waals surface area contributed by atoms with Gasteiger partial charge in [0, 0.05) is 37.2 Å². The van der Waals surface area contributed by atoms with Crippen molar-refractivity contribution in [3.05, 3.63) is 29.5 Å². The first-order chi connectivity index (χ1) is 10.5. The molecule has 118 valence electrons. The van der Waals surface area contributed by atoms with Gasteiger partial charge < -0.3 is 19.5 Å². The van der Waals surface area contributed by atoms with Crippen molar-refractivity contribution < 1.29 is 9.53 Å². The van der Waals surface area contributed by atoms with Gasteiger partial charge in [-0.1, -0.05) is 0 Å². The molecule has 0 spiro atoms. The molecule has 5 nitrogen and oxygen atoms in total. The van der Waals surface area contributed by atoms with Gasteiger partial charge in [0.1, 0.15) is 5.75 Å². The van der Waals surface area contributed by atoms with Crippen LogP contribution in [0.4, 0.5) is 4.79 Å². The molecule has 1 aliphatic rings. The Morgan fingerprint density at radius 1 is 1.41 bits per heavy atom. The largest absolute Gasteiger partial charge is 0.412 e. The molecule has 1 unspecified atom stereocenters. The number of nitrogens with one attached hydrogen (secondary N) is 1. The van der Waals surface area contributed by atoms with Gasteiger partial charge in [-0.3, -0.25) is 0 Å². The number of rotatable bonds is 3. The van der Waals surface area contributed by atoms with E-state index < -0.39 is 6.09 Å². The third kappa shape index (κ3) is 2.57. The summed E-state index contributed by atoms with van der Waals surface area (Å²) in [5.41, 5.74) is 4.03. The predicted octanol–water partition coefficient (Wildman–Crippen LogP) is 2.17. The Hall–Kier alpha value is -2.01. The maximum Gasteiger partial charge on any atom is 0.412 e. The number of ether oxygens (including phenoxy) is 1. The van der Waals surface area contributed by atoms with Gasteiger partial charge in [0.05, 0.1) is 0 Å². The minimum Gasteiger partial charge on any atom is -0.410 e. The fraction of sp³-hybridized carbons (Fsp3) is 0.471. The molecule has 22 heavy (non-hydrogen) atoms. The molecule has 2 aromatic rings. The molecule has 1 aromatic carbocycles. The van der Waals surface area contributed by atoms with Gasteiger partial charge in [0.2, 0.25) is 0 Å². The molecule has 1 atom stereocenters. The van der Waals surface area contributed by atoms with E-state index in [4.69, 9.17) is 4.74 Å². The molecule has 3 rings (SSSR count). The molecule has 1 heterocycles. The minimum absolute atomic E-state index is 0.433. The van der Waals surface area contributed by atoms with E-state index in [1.807, 2.05) is 18.2 Å². The lowest BCUT2D eigenvalue weighted by Gasteiger charge is -2.16. The van der Waals surface area contributed by atoms with Crippen molar-refractivity contribution in [2.75, 3.05) is 27.7 Å². The molecule has 0 fully saturated rings. The zero-order chi connectivity index (χ0) is 15.9. The quantitative estimate of drug-likeness (QED) is 0.945. The number of hydrogen-bond acceptors (Lipinski definition) is 3. The zero-order valence-electron chi connectivity index (χ0n) is 13.6. The Bertz CT molecular complexity index is 718. The summed E-state index contributed by atoms with van der Waals surface area (Å²) in [4.78, 5) is 13.6. The van der Waals surface area contributed by atoms with Gasteiger partial charge in [-0.15, -0.1) is 0 Å². The van der Waals surface area contributed by atoms with Crippen LogP contribution in [0, 0.1) is 5.92 Å². The van der Waals surface area contributed by atoms with Crippen LogP contribution in [0.2, 0.25) is 0 Å². The van der Waals surface area contributed by atoms with Crippen LogP contribution in [-0.4, -0.2) is 43.2 Å². The lowest BCUT2D eigenvalue weighted by Crippen LogP contribution is -2.22. The molecular weight excluding hydrogens is 278 g/mol. The van der Waals surface area contributed by atoms with Crippen molar-refractivity contribution >= 4 is 17.0 Å². The fourth-order valence-corrected chi connectivity index (χ4v) is 3.54. The number of fused-ring (bicyclic) bond motifs is 3. The molecule has 0 aliphatic heterocycles. The number of nitrogens with zero attached hydrogens (tertiary/aromatic N) is 2. The van der Waals surface area contributed by atoms with E-state index in [2.05, 4.69) is 35.9 Å². The highest BCUT2D eigenvalue weighted by Crippen LogP contribution is 2.36. The first kappa shape index (κ1) is 14.9. The molecule has 0 saturated carbocycles. The lowest BCUT2D eigenvalue weighted by atomic mass is 10.0. The Kier molecular flexibility index (Phi) is 3.83. The first-order valence-electron chi connectivity index (χ1n) is 7.64. The van der Waals surface area contributed by atoms with E-state index in [-0.39, 0.29) is 0 Å². The van der Waals surface area contributed by atoms with E-state index >= 15 is 0 Å². The summed E-state index contributed by atoms with van der Waals surface area (Å²) in [5, 5.41) is 3.68. The molecule has 1 amide bonds. The third-order valence-corrected chi connectivity index (χ3v) is 4.42. The second kappa shape index (κ2) is 5.65. The molecule has 0 radical (unpaired) electrons. The molecule has 1 aliphatic carbocycles. The summed E-state index contributed by atoms with van der Waals surface area (Å²) in [6.07, 6.45) is 1.77. The number of amides is 1. The van der Waals surface area contributed by atoms with Crippen molar-refractivity contribution in [3.8, 4) is 5.75 Å². The van der Waals surface area contributed by atoms with Crippen LogP contribution in [0.15, 0.2) is 18.2 Å². The van der Waals surface area contributed by atoms with E-state index in [1.165, 1.54) is 22.2 Å². The summed E-state index contributed by atoms with van der Waals surface area (Å²) < 4.78 is 7.55. The van der Waals surface area contributed by atoms with Gasteiger partial charge in [0.15, 0.2) is 0 Å². The molecule has 1 N–H and O–H groups in total. The van der Waals surface area contributed by atoms with Gasteiger partial charge in [-0.2, -0.15) is 0 Å². The molecule has 1 aromatic heterocycles. The van der Waals surface area contributed by atoms with Crippen LogP contribution in [0.5, 0.6) is 5.75 Å². The summed E-state index contributed by atoms with van der Waals surface area (Å²) in [7, 11) is 7.93. The SMILES string of the molecule is CNC(=O)Oc1ccc2c(c1)c1c(n2C)CC(CN(C)C)C1. The average Bonchev–Trinajstić information content (AvgIpc) is 2.98. The standard InChI is InChI=1S/C17H23N3O2/c1-18-17(21)22-12-5-6-15-14(9-12)13-7-11(10-19(2)3)8-16(13)20(15)4/h5-6,9,11H,7-8,10H2,1-4H3,(H,18,21). The maximum atomic E-state index is 11.4. The van der Waals surface area contributed by atoms with Crippen LogP contribution >= 0.6 is 0 Å². The highest BCUT2D eigenvalue weighted by molar-refractivity contribution is 5.88. The second-order valence-corrected chi connectivity index (χ2v) is 6.34. The van der Waals surface area contributed by atoms with Gasteiger partial charge >= 0.3 is 6.09 Å². The maximum absolute atomic E-state index is 11.4. The predicted molar refractivity (Wildman–Crippen MR) is 87.5 cm³/mol. The van der Waals surface area contributed by atoms with E-state index in [1.54, 1.807) is 7.05 Å². The lowest BCUT2D eigenvalue weighted by molar-refractivity contribution is 0.203. The van der Waals surface area contributed by atoms with Gasteiger partial charge in [-0.25, -0.2) is 4.79 Å². The molecular formula is C17H23N3O2. The van der Waals surface area contributed by atoms with Crippen LogP contribution in [-0.2, 0) is 19.9 Å². The van der Waals surface area contributed by atoms with Crippen molar-refractivity contribution in [2.24, 2.45) is 13.0 Å². The second-order valence-electron chi connectivity index (χ2n) is 6.34. The smallest absolute Gasteiger partial charge is 0.410 e. The first-order valence-corrected chi connectivity index (χ1v) is 7.64. The van der Waals surface area contributed by atoms with E-state index in [0.717, 1.165) is 19.4 Å². The highest BCUT2D eigenvalue weighted by Gasteiger charge is 2.27. The average molecular weight is 301 g/mol. The monoisotopic (exact) mass is 301 g/mol. The number of benzene rings is 1. The van der Waals surface area contributed by atoms with E-state index in [0.29, 0.717) is 11.7 Å². The van der Waals surface area contributed by atoms with Crippen LogP contribution in [0.1, 0.15) is 11.3 Å². The number of aryl methyl sites for hydroxylation is 1. The fourth-order valence-electron chi connectivity index (χ4n) is 3.54. The molecule has 0 bridgehead atoms. The summed E-state index contributed by atoms with van der Waals surface area (Å²) in [6.45, 7) is 1.10. The Balaban J connectivity index is 1.95. The van der Waals surface area contributed by atoms with E-state index in [9.17, 15) is 4.79 Å².